The summed E-state index contributed by atoms with van der Waals surface area (Å²) in [6.07, 6.45) is 2.50. The van der Waals surface area contributed by atoms with Gasteiger partial charge in [0.2, 0.25) is 11.4 Å². The number of anilines is 2. The second kappa shape index (κ2) is 9.76. The Balaban J connectivity index is 1.39. The molecule has 2 N–H and O–H groups in total. The number of piperazine rings is 1. The number of amides is 2. The monoisotopic (exact) mass is 504 g/mol. The van der Waals surface area contributed by atoms with Crippen LogP contribution in [-0.2, 0) is 14.9 Å². The van der Waals surface area contributed by atoms with Gasteiger partial charge in [-0.2, -0.15) is 8.42 Å². The van der Waals surface area contributed by atoms with Crippen molar-refractivity contribution in [2.45, 2.75) is 32.3 Å². The molecule has 0 radical (unpaired) electrons. The highest BCUT2D eigenvalue weighted by atomic mass is 32.2. The molecular weight excluding hydrogens is 476 g/mol. The summed E-state index contributed by atoms with van der Waals surface area (Å²) in [7, 11) is -4.62. The average Bonchev–Trinajstić information content (AvgIpc) is 3.18. The van der Waals surface area contributed by atoms with Crippen molar-refractivity contribution in [1.29, 1.82) is 0 Å². The summed E-state index contributed by atoms with van der Waals surface area (Å²) >= 11 is 0. The summed E-state index contributed by atoms with van der Waals surface area (Å²) in [5, 5.41) is 2.63. The molecule has 4 heterocycles. The predicted molar refractivity (Wildman–Crippen MR) is 128 cm³/mol. The Morgan fingerprint density at radius 3 is 2.29 bits per heavy atom. The van der Waals surface area contributed by atoms with E-state index in [0.717, 1.165) is 16.3 Å². The molecule has 2 saturated heterocycles. The van der Waals surface area contributed by atoms with E-state index in [9.17, 15) is 22.6 Å². The number of carbonyl (C=O) groups excluding carboxylic acids is 2. The van der Waals surface area contributed by atoms with Gasteiger partial charge in [-0.05, 0) is 36.6 Å². The Labute approximate surface area is 203 Å². The van der Waals surface area contributed by atoms with Crippen LogP contribution in [0.3, 0.4) is 0 Å². The number of ether oxygens (including phenoxy) is 1. The van der Waals surface area contributed by atoms with Crippen LogP contribution in [0, 0.1) is 12.8 Å². The van der Waals surface area contributed by atoms with Crippen LogP contribution in [0.25, 0.3) is 0 Å². The van der Waals surface area contributed by atoms with Crippen LogP contribution in [0.4, 0.5) is 16.4 Å². The van der Waals surface area contributed by atoms with Crippen molar-refractivity contribution in [2.24, 2.45) is 5.92 Å². The Bertz CT molecular complexity index is 1180. The minimum absolute atomic E-state index is 0.00675. The van der Waals surface area contributed by atoms with E-state index in [1.54, 1.807) is 24.9 Å². The molecule has 35 heavy (non-hydrogen) atoms. The average molecular weight is 505 g/mol. The molecule has 0 saturated carbocycles. The van der Waals surface area contributed by atoms with Crippen molar-refractivity contribution in [3.05, 3.63) is 42.2 Å². The quantitative estimate of drug-likeness (QED) is 0.570. The maximum Gasteiger partial charge on any atom is 0.415 e. The predicted octanol–water partition coefficient (Wildman–Crippen LogP) is 1.24. The number of hydrogen-bond donors (Lipinski definition) is 2. The van der Waals surface area contributed by atoms with Gasteiger partial charge in [-0.1, -0.05) is 19.9 Å². The zero-order chi connectivity index (χ0) is 25.3. The molecular formula is C22H28N6O6S. The molecule has 0 bridgehead atoms. The normalized spacial score (nSPS) is 21.1. The van der Waals surface area contributed by atoms with Gasteiger partial charge >= 0.3 is 16.2 Å². The largest absolute Gasteiger partial charge is 0.415 e. The molecule has 0 aromatic carbocycles. The molecule has 0 spiro atoms. The third-order valence-electron chi connectivity index (χ3n) is 5.94. The molecule has 13 heteroatoms. The van der Waals surface area contributed by atoms with Crippen LogP contribution in [0.1, 0.15) is 19.4 Å². The number of rotatable bonds is 5. The second-order valence-corrected chi connectivity index (χ2v) is 10.3. The molecule has 2 atom stereocenters. The van der Waals surface area contributed by atoms with Crippen LogP contribution in [0.2, 0.25) is 0 Å². The van der Waals surface area contributed by atoms with Gasteiger partial charge < -0.3 is 14.5 Å². The lowest BCUT2D eigenvalue weighted by atomic mass is 10.1. The fourth-order valence-electron chi connectivity index (χ4n) is 4.00. The lowest BCUT2D eigenvalue weighted by Gasteiger charge is -2.34. The maximum absolute atomic E-state index is 12.8. The number of nitrogens with one attached hydrogen (secondary N) is 1. The number of hydrogen-bond acceptors (Lipinski definition) is 9. The minimum atomic E-state index is -4.62. The van der Waals surface area contributed by atoms with Crippen molar-refractivity contribution in [1.82, 2.24) is 20.2 Å². The number of aromatic nitrogens is 2. The van der Waals surface area contributed by atoms with Crippen molar-refractivity contribution in [3.8, 4) is 5.75 Å². The fourth-order valence-corrected chi connectivity index (χ4v) is 4.80. The van der Waals surface area contributed by atoms with Gasteiger partial charge in [0.25, 0.3) is 0 Å². The van der Waals surface area contributed by atoms with Gasteiger partial charge in [0, 0.05) is 32.4 Å². The molecule has 4 rings (SSSR count). The van der Waals surface area contributed by atoms with Gasteiger partial charge in [-0.3, -0.25) is 19.6 Å². The maximum atomic E-state index is 12.8. The summed E-state index contributed by atoms with van der Waals surface area (Å²) in [5.74, 6) is 0.273. The van der Waals surface area contributed by atoms with Crippen LogP contribution in [0.15, 0.2) is 36.7 Å². The van der Waals surface area contributed by atoms with E-state index in [0.29, 0.717) is 26.2 Å². The van der Waals surface area contributed by atoms with E-state index in [1.165, 1.54) is 18.3 Å². The van der Waals surface area contributed by atoms with Gasteiger partial charge in [0.15, 0.2) is 5.75 Å². The Morgan fingerprint density at radius 1 is 1.09 bits per heavy atom. The summed E-state index contributed by atoms with van der Waals surface area (Å²) in [5.41, 5.74) is -0.572. The van der Waals surface area contributed by atoms with Crippen LogP contribution < -0.4 is 19.9 Å². The minimum Gasteiger partial charge on any atom is -0.409 e. The Kier molecular flexibility index (Phi) is 6.92. The molecule has 2 aliphatic heterocycles. The summed E-state index contributed by atoms with van der Waals surface area (Å²) in [6.45, 7) is 7.63. The Morgan fingerprint density at radius 2 is 1.74 bits per heavy atom. The van der Waals surface area contributed by atoms with Crippen LogP contribution in [0.5, 0.6) is 5.75 Å². The highest BCUT2D eigenvalue weighted by Gasteiger charge is 2.47. The van der Waals surface area contributed by atoms with Crippen LogP contribution >= 0.6 is 0 Å². The van der Waals surface area contributed by atoms with E-state index in [2.05, 4.69) is 20.2 Å². The summed E-state index contributed by atoms with van der Waals surface area (Å²) < 4.78 is 38.7. The molecule has 188 valence electrons. The SMILES string of the molecule is Cc1ccc(N2CCN(C(=O)Oc3ccc(N4C(=O)C(C(C)C)NC4S(=O)(=O)O)nc3)CC2)nc1. The zero-order valence-corrected chi connectivity index (χ0v) is 20.5. The topological polar surface area (TPSA) is 145 Å². The number of nitrogens with zero attached hydrogens (tertiary/aromatic N) is 5. The molecule has 12 nitrogen and oxygen atoms in total. The van der Waals surface area contributed by atoms with Gasteiger partial charge in [-0.25, -0.2) is 14.8 Å². The molecule has 2 fully saturated rings. The summed E-state index contributed by atoms with van der Waals surface area (Å²) in [6, 6.07) is 5.93. The van der Waals surface area contributed by atoms with Crippen molar-refractivity contribution in [3.63, 3.8) is 0 Å². The molecule has 2 aliphatic rings. The third-order valence-corrected chi connectivity index (χ3v) is 6.85. The third kappa shape index (κ3) is 5.36. The van der Waals surface area contributed by atoms with Gasteiger partial charge in [0.05, 0.1) is 12.2 Å². The first kappa shape index (κ1) is 24.8. The van der Waals surface area contributed by atoms with E-state index in [4.69, 9.17) is 4.74 Å². The Hall–Kier alpha value is -3.29. The number of pyridine rings is 2. The van der Waals surface area contributed by atoms with E-state index in [-0.39, 0.29) is 17.5 Å². The summed E-state index contributed by atoms with van der Waals surface area (Å²) in [4.78, 5) is 38.5. The molecule has 2 unspecified atom stereocenters. The first-order valence-corrected chi connectivity index (χ1v) is 12.7. The fraction of sp³-hybridized carbons (Fsp3) is 0.455. The van der Waals surface area contributed by atoms with Crippen LogP contribution in [-0.4, -0.2) is 77.6 Å². The van der Waals surface area contributed by atoms with E-state index in [1.807, 2.05) is 19.1 Å². The lowest BCUT2D eigenvalue weighted by molar-refractivity contribution is -0.119. The molecule has 2 amide bonds. The molecule has 2 aromatic heterocycles. The highest BCUT2D eigenvalue weighted by Crippen LogP contribution is 2.27. The smallest absolute Gasteiger partial charge is 0.409 e. The zero-order valence-electron chi connectivity index (χ0n) is 19.7. The number of aryl methyl sites for hydroxylation is 1. The van der Waals surface area contributed by atoms with Crippen molar-refractivity contribution in [2.75, 3.05) is 36.0 Å². The first-order valence-electron chi connectivity index (χ1n) is 11.2. The molecule has 0 aliphatic carbocycles. The van der Waals surface area contributed by atoms with Crippen molar-refractivity contribution >= 4 is 33.8 Å². The molecule has 2 aromatic rings. The van der Waals surface area contributed by atoms with Crippen molar-refractivity contribution < 1.29 is 27.3 Å². The standard InChI is InChI=1S/C22H28N6O6S/c1-14(2)19-20(29)28(21(25-19)35(31,32)33)18-7-5-16(13-24-18)34-22(30)27-10-8-26(9-11-27)17-6-4-15(3)12-23-17/h4-7,12-14,19,21,25H,8-11H2,1-3H3,(H,31,32,33). The lowest BCUT2D eigenvalue weighted by Crippen LogP contribution is -2.49. The van der Waals surface area contributed by atoms with Gasteiger partial charge in [0.1, 0.15) is 11.6 Å². The van der Waals surface area contributed by atoms with Gasteiger partial charge in [-0.15, -0.1) is 0 Å². The first-order chi connectivity index (χ1) is 16.5. The highest BCUT2D eigenvalue weighted by molar-refractivity contribution is 7.86. The second-order valence-electron chi connectivity index (χ2n) is 8.85. The number of carbonyl (C=O) groups is 2. The van der Waals surface area contributed by atoms with E-state index < -0.39 is 33.7 Å². The van der Waals surface area contributed by atoms with E-state index >= 15 is 0 Å².